The molecule has 0 saturated heterocycles. The molecule has 1 saturated carbocycles. The first kappa shape index (κ1) is 12.0. The van der Waals surface area contributed by atoms with Crippen molar-refractivity contribution >= 4 is 21.8 Å². The zero-order chi connectivity index (χ0) is 11.6. The molecule has 2 rings (SSSR count). The number of thioether (sulfide) groups is 1. The molecule has 1 aromatic rings. The molecule has 0 bridgehead atoms. The Kier molecular flexibility index (Phi) is 3.56. The molecule has 0 heterocycles. The summed E-state index contributed by atoms with van der Waals surface area (Å²) in [6.45, 7) is 0. The molecule has 0 radical (unpaired) electrons. The van der Waals surface area contributed by atoms with E-state index >= 15 is 0 Å². The molecule has 5 heteroatoms. The third-order valence-electron chi connectivity index (χ3n) is 2.76. The minimum atomic E-state index is -3.56. The predicted molar refractivity (Wildman–Crippen MR) is 65.9 cm³/mol. The lowest BCUT2D eigenvalue weighted by molar-refractivity contribution is 0.597. The van der Waals surface area contributed by atoms with Crippen molar-refractivity contribution in [3.8, 4) is 0 Å². The van der Waals surface area contributed by atoms with Gasteiger partial charge in [0.05, 0.1) is 4.90 Å². The first-order valence-corrected chi connectivity index (χ1v) is 7.78. The minimum absolute atomic E-state index is 0.184. The maximum absolute atomic E-state index is 11.1. The van der Waals surface area contributed by atoms with Crippen molar-refractivity contribution in [2.75, 3.05) is 0 Å². The van der Waals surface area contributed by atoms with Gasteiger partial charge in [-0.05, 0) is 37.1 Å². The number of primary sulfonamides is 1. The molecule has 0 aliphatic heterocycles. The van der Waals surface area contributed by atoms with E-state index in [0.29, 0.717) is 5.25 Å². The lowest BCUT2D eigenvalue weighted by Gasteiger charge is -2.08. The van der Waals surface area contributed by atoms with E-state index in [1.165, 1.54) is 25.7 Å². The van der Waals surface area contributed by atoms with Crippen LogP contribution in [0, 0.1) is 0 Å². The third kappa shape index (κ3) is 2.99. The van der Waals surface area contributed by atoms with Crippen LogP contribution in [0.25, 0.3) is 0 Å². The van der Waals surface area contributed by atoms with E-state index in [4.69, 9.17) is 5.14 Å². The van der Waals surface area contributed by atoms with Gasteiger partial charge < -0.3 is 0 Å². The zero-order valence-corrected chi connectivity index (χ0v) is 10.6. The van der Waals surface area contributed by atoms with Crippen molar-refractivity contribution in [2.24, 2.45) is 5.14 Å². The SMILES string of the molecule is NS(=O)(=O)c1ccc(SC2CCCC2)cc1. The maximum Gasteiger partial charge on any atom is 0.238 e. The molecule has 0 spiro atoms. The Morgan fingerprint density at radius 2 is 1.69 bits per heavy atom. The van der Waals surface area contributed by atoms with Gasteiger partial charge in [-0.1, -0.05) is 12.8 Å². The highest BCUT2D eigenvalue weighted by Gasteiger charge is 2.16. The Hall–Kier alpha value is -0.520. The van der Waals surface area contributed by atoms with Gasteiger partial charge in [-0.2, -0.15) is 0 Å². The Bertz CT molecular complexity index is 447. The van der Waals surface area contributed by atoms with E-state index < -0.39 is 10.0 Å². The maximum atomic E-state index is 11.1. The quantitative estimate of drug-likeness (QED) is 0.904. The summed E-state index contributed by atoms with van der Waals surface area (Å²) in [5.74, 6) is 0. The topological polar surface area (TPSA) is 60.2 Å². The van der Waals surface area contributed by atoms with Gasteiger partial charge in [-0.15, -0.1) is 11.8 Å². The van der Waals surface area contributed by atoms with Crippen molar-refractivity contribution in [3.63, 3.8) is 0 Å². The van der Waals surface area contributed by atoms with Crippen molar-refractivity contribution < 1.29 is 8.42 Å². The van der Waals surface area contributed by atoms with Crippen LogP contribution in [0.3, 0.4) is 0 Å². The normalized spacial score (nSPS) is 17.8. The number of benzene rings is 1. The molecule has 1 aliphatic carbocycles. The number of rotatable bonds is 3. The van der Waals surface area contributed by atoms with Crippen LogP contribution in [0.1, 0.15) is 25.7 Å². The molecule has 16 heavy (non-hydrogen) atoms. The first-order valence-electron chi connectivity index (χ1n) is 5.35. The smallest absolute Gasteiger partial charge is 0.225 e. The Balaban J connectivity index is 2.07. The molecule has 0 atom stereocenters. The molecule has 1 aromatic carbocycles. The third-order valence-corrected chi connectivity index (χ3v) is 5.04. The molecular weight excluding hydrogens is 242 g/mol. The highest BCUT2D eigenvalue weighted by molar-refractivity contribution is 8.00. The lowest BCUT2D eigenvalue weighted by Crippen LogP contribution is -2.11. The molecule has 3 nitrogen and oxygen atoms in total. The van der Waals surface area contributed by atoms with Crippen molar-refractivity contribution in [1.82, 2.24) is 0 Å². The van der Waals surface area contributed by atoms with Crippen LogP contribution < -0.4 is 5.14 Å². The van der Waals surface area contributed by atoms with Gasteiger partial charge in [-0.3, -0.25) is 0 Å². The summed E-state index contributed by atoms with van der Waals surface area (Å²) in [6, 6.07) is 6.82. The Morgan fingerprint density at radius 1 is 1.12 bits per heavy atom. The monoisotopic (exact) mass is 257 g/mol. The van der Waals surface area contributed by atoms with Crippen LogP contribution in [0.2, 0.25) is 0 Å². The van der Waals surface area contributed by atoms with Gasteiger partial charge in [0.1, 0.15) is 0 Å². The van der Waals surface area contributed by atoms with Gasteiger partial charge >= 0.3 is 0 Å². The fraction of sp³-hybridized carbons (Fsp3) is 0.455. The molecule has 1 aliphatic rings. The minimum Gasteiger partial charge on any atom is -0.225 e. The fourth-order valence-corrected chi connectivity index (χ4v) is 3.67. The molecule has 1 fully saturated rings. The summed E-state index contributed by atoms with van der Waals surface area (Å²) in [4.78, 5) is 1.31. The van der Waals surface area contributed by atoms with E-state index in [-0.39, 0.29) is 4.90 Å². The van der Waals surface area contributed by atoms with E-state index in [2.05, 4.69) is 0 Å². The number of hydrogen-bond acceptors (Lipinski definition) is 3. The number of sulfonamides is 1. The van der Waals surface area contributed by atoms with E-state index in [1.807, 2.05) is 23.9 Å². The standard InChI is InChI=1S/C11H15NO2S2/c12-16(13,14)11-7-5-10(6-8-11)15-9-3-1-2-4-9/h5-9H,1-4H2,(H2,12,13,14). The summed E-state index contributed by atoms with van der Waals surface area (Å²) in [6.07, 6.45) is 5.16. The number of nitrogens with two attached hydrogens (primary N) is 1. The second-order valence-corrected chi connectivity index (χ2v) is 6.98. The van der Waals surface area contributed by atoms with Crippen LogP contribution in [0.4, 0.5) is 0 Å². The van der Waals surface area contributed by atoms with Crippen LogP contribution in [-0.4, -0.2) is 13.7 Å². The predicted octanol–water partition coefficient (Wildman–Crippen LogP) is 2.37. The van der Waals surface area contributed by atoms with Crippen LogP contribution >= 0.6 is 11.8 Å². The van der Waals surface area contributed by atoms with Gasteiger partial charge in [0.2, 0.25) is 10.0 Å². The lowest BCUT2D eigenvalue weighted by atomic mass is 10.4. The molecule has 0 amide bonds. The number of hydrogen-bond donors (Lipinski definition) is 1. The first-order chi connectivity index (χ1) is 7.55. The Morgan fingerprint density at radius 3 is 2.19 bits per heavy atom. The van der Waals surface area contributed by atoms with E-state index in [0.717, 1.165) is 4.90 Å². The van der Waals surface area contributed by atoms with Crippen molar-refractivity contribution in [3.05, 3.63) is 24.3 Å². The highest BCUT2D eigenvalue weighted by Crippen LogP contribution is 2.34. The van der Waals surface area contributed by atoms with Gasteiger partial charge in [0.15, 0.2) is 0 Å². The average molecular weight is 257 g/mol. The summed E-state index contributed by atoms with van der Waals surface area (Å²) in [5.41, 5.74) is 0. The van der Waals surface area contributed by atoms with E-state index in [9.17, 15) is 8.42 Å². The molecule has 0 aromatic heterocycles. The largest absolute Gasteiger partial charge is 0.238 e. The molecule has 2 N–H and O–H groups in total. The second-order valence-electron chi connectivity index (χ2n) is 4.04. The Labute approximate surface area is 100 Å². The molecule has 88 valence electrons. The van der Waals surface area contributed by atoms with Crippen LogP contribution in [0.15, 0.2) is 34.1 Å². The molecule has 0 unspecified atom stereocenters. The van der Waals surface area contributed by atoms with Crippen LogP contribution in [0.5, 0.6) is 0 Å². The average Bonchev–Trinajstić information content (AvgIpc) is 2.70. The van der Waals surface area contributed by atoms with Crippen molar-refractivity contribution in [1.29, 1.82) is 0 Å². The van der Waals surface area contributed by atoms with E-state index in [1.54, 1.807) is 12.1 Å². The van der Waals surface area contributed by atoms with Gasteiger partial charge in [-0.25, -0.2) is 13.6 Å². The second kappa shape index (κ2) is 4.77. The fourth-order valence-electron chi connectivity index (χ4n) is 1.91. The zero-order valence-electron chi connectivity index (χ0n) is 8.93. The van der Waals surface area contributed by atoms with Gasteiger partial charge in [0.25, 0.3) is 0 Å². The van der Waals surface area contributed by atoms with Crippen LogP contribution in [-0.2, 0) is 10.0 Å². The van der Waals surface area contributed by atoms with Crippen molar-refractivity contribution in [2.45, 2.75) is 40.7 Å². The summed E-state index contributed by atoms with van der Waals surface area (Å²) in [7, 11) is -3.56. The van der Waals surface area contributed by atoms with Gasteiger partial charge in [0, 0.05) is 10.1 Å². The molecular formula is C11H15NO2S2. The summed E-state index contributed by atoms with van der Waals surface area (Å²) < 4.78 is 22.1. The summed E-state index contributed by atoms with van der Waals surface area (Å²) >= 11 is 1.83. The highest BCUT2D eigenvalue weighted by atomic mass is 32.2. The summed E-state index contributed by atoms with van der Waals surface area (Å²) in [5, 5.41) is 5.73.